The first kappa shape index (κ1) is 14.0. The molecule has 5 heteroatoms. The molecule has 5 nitrogen and oxygen atoms in total. The molecule has 1 atom stereocenters. The molecule has 0 aliphatic rings. The van der Waals surface area contributed by atoms with Crippen LogP contribution in [0.4, 0.5) is 5.69 Å². The number of rotatable bonds is 4. The van der Waals surface area contributed by atoms with E-state index < -0.39 is 11.9 Å². The Hall–Kier alpha value is -2.43. The third kappa shape index (κ3) is 2.77. The lowest BCUT2D eigenvalue weighted by Crippen LogP contribution is -2.35. The molecule has 1 unspecified atom stereocenters. The van der Waals surface area contributed by atoms with Gasteiger partial charge >= 0.3 is 5.97 Å². The largest absolute Gasteiger partial charge is 0.481 e. The van der Waals surface area contributed by atoms with Crippen LogP contribution in [0.2, 0.25) is 0 Å². The summed E-state index contributed by atoms with van der Waals surface area (Å²) < 4.78 is 0. The second-order valence-corrected chi connectivity index (χ2v) is 4.72. The average molecular weight is 272 g/mol. The van der Waals surface area contributed by atoms with E-state index in [0.29, 0.717) is 11.2 Å². The van der Waals surface area contributed by atoms with Crippen LogP contribution in [0.3, 0.4) is 0 Å². The number of carboxylic acid groups (broad SMARTS) is 1. The lowest BCUT2D eigenvalue weighted by atomic mass is 10.1. The summed E-state index contributed by atoms with van der Waals surface area (Å²) >= 11 is 0. The van der Waals surface area contributed by atoms with Gasteiger partial charge in [0.1, 0.15) is 0 Å². The SMILES string of the molecule is CC(=O)N(CC(C)C(=O)O)c1cccc2cccnc12. The summed E-state index contributed by atoms with van der Waals surface area (Å²) in [6.07, 6.45) is 1.66. The van der Waals surface area contributed by atoms with Crippen molar-refractivity contribution in [2.45, 2.75) is 13.8 Å². The molecule has 0 saturated carbocycles. The molecule has 0 bridgehead atoms. The first-order valence-electron chi connectivity index (χ1n) is 6.35. The number of nitrogens with zero attached hydrogens (tertiary/aromatic N) is 2. The van der Waals surface area contributed by atoms with Crippen LogP contribution in [0.5, 0.6) is 0 Å². The van der Waals surface area contributed by atoms with Gasteiger partial charge < -0.3 is 10.0 Å². The zero-order valence-electron chi connectivity index (χ0n) is 11.4. The maximum atomic E-state index is 11.9. The van der Waals surface area contributed by atoms with Crippen molar-refractivity contribution in [1.29, 1.82) is 0 Å². The number of fused-ring (bicyclic) bond motifs is 1. The Morgan fingerprint density at radius 2 is 2.00 bits per heavy atom. The van der Waals surface area contributed by atoms with Gasteiger partial charge in [-0.3, -0.25) is 14.6 Å². The Morgan fingerprint density at radius 3 is 2.65 bits per heavy atom. The fourth-order valence-electron chi connectivity index (χ4n) is 2.05. The molecular formula is C15H16N2O3. The maximum absolute atomic E-state index is 11.9. The fourth-order valence-corrected chi connectivity index (χ4v) is 2.05. The van der Waals surface area contributed by atoms with Crippen molar-refractivity contribution >= 4 is 28.5 Å². The van der Waals surface area contributed by atoms with E-state index in [9.17, 15) is 9.59 Å². The third-order valence-corrected chi connectivity index (χ3v) is 3.16. The quantitative estimate of drug-likeness (QED) is 0.927. The predicted octanol–water partition coefficient (Wildman–Crippen LogP) is 2.31. The van der Waals surface area contributed by atoms with Crippen molar-refractivity contribution in [3.63, 3.8) is 0 Å². The molecule has 104 valence electrons. The summed E-state index contributed by atoms with van der Waals surface area (Å²) in [4.78, 5) is 28.6. The number of amides is 1. The summed E-state index contributed by atoms with van der Waals surface area (Å²) in [6, 6.07) is 9.26. The number of carbonyl (C=O) groups is 2. The first-order valence-corrected chi connectivity index (χ1v) is 6.35. The molecule has 1 heterocycles. The van der Waals surface area contributed by atoms with Crippen LogP contribution < -0.4 is 4.90 Å². The Bertz CT molecular complexity index is 649. The van der Waals surface area contributed by atoms with Crippen LogP contribution in [0.25, 0.3) is 10.9 Å². The van der Waals surface area contributed by atoms with Gasteiger partial charge in [-0.05, 0) is 12.1 Å². The highest BCUT2D eigenvalue weighted by Crippen LogP contribution is 2.25. The van der Waals surface area contributed by atoms with E-state index in [0.717, 1.165) is 5.39 Å². The van der Waals surface area contributed by atoms with E-state index in [1.807, 2.05) is 24.3 Å². The molecule has 0 radical (unpaired) electrons. The summed E-state index contributed by atoms with van der Waals surface area (Å²) in [5.74, 6) is -1.77. The minimum absolute atomic E-state index is 0.125. The zero-order chi connectivity index (χ0) is 14.7. The minimum atomic E-state index is -0.926. The van der Waals surface area contributed by atoms with E-state index in [-0.39, 0.29) is 12.5 Å². The van der Waals surface area contributed by atoms with Crippen LogP contribution in [0.1, 0.15) is 13.8 Å². The molecule has 2 aromatic rings. The summed E-state index contributed by atoms with van der Waals surface area (Å²) in [7, 11) is 0. The van der Waals surface area contributed by atoms with Crippen LogP contribution in [0.15, 0.2) is 36.5 Å². The van der Waals surface area contributed by atoms with Crippen LogP contribution in [-0.2, 0) is 9.59 Å². The standard InChI is InChI=1S/C15H16N2O3/c1-10(15(19)20)9-17(11(2)18)13-7-3-5-12-6-4-8-16-14(12)13/h3-8,10H,9H2,1-2H3,(H,19,20). The molecule has 0 aliphatic heterocycles. The monoisotopic (exact) mass is 272 g/mol. The lowest BCUT2D eigenvalue weighted by Gasteiger charge is -2.24. The number of aromatic nitrogens is 1. The van der Waals surface area contributed by atoms with E-state index in [1.165, 1.54) is 11.8 Å². The van der Waals surface area contributed by atoms with Crippen molar-refractivity contribution in [2.24, 2.45) is 5.92 Å². The van der Waals surface area contributed by atoms with E-state index in [4.69, 9.17) is 5.11 Å². The number of carboxylic acids is 1. The smallest absolute Gasteiger partial charge is 0.308 e. The van der Waals surface area contributed by atoms with Crippen LogP contribution in [0, 0.1) is 5.92 Å². The molecule has 1 aromatic carbocycles. The zero-order valence-corrected chi connectivity index (χ0v) is 11.4. The number of pyridine rings is 1. The number of hydrogen-bond acceptors (Lipinski definition) is 3. The Kier molecular flexibility index (Phi) is 3.98. The van der Waals surface area contributed by atoms with Crippen LogP contribution in [-0.4, -0.2) is 28.5 Å². The van der Waals surface area contributed by atoms with Gasteiger partial charge in [-0.15, -0.1) is 0 Å². The molecular weight excluding hydrogens is 256 g/mol. The Labute approximate surface area is 116 Å². The topological polar surface area (TPSA) is 70.5 Å². The highest BCUT2D eigenvalue weighted by atomic mass is 16.4. The predicted molar refractivity (Wildman–Crippen MR) is 76.6 cm³/mol. The van der Waals surface area contributed by atoms with Crippen molar-refractivity contribution in [1.82, 2.24) is 4.98 Å². The number of aliphatic carboxylic acids is 1. The maximum Gasteiger partial charge on any atom is 0.308 e. The van der Waals surface area contributed by atoms with Crippen molar-refractivity contribution < 1.29 is 14.7 Å². The van der Waals surface area contributed by atoms with Crippen molar-refractivity contribution in [3.8, 4) is 0 Å². The van der Waals surface area contributed by atoms with E-state index >= 15 is 0 Å². The van der Waals surface area contributed by atoms with Gasteiger partial charge in [0.2, 0.25) is 5.91 Å². The number of para-hydroxylation sites is 1. The normalized spacial score (nSPS) is 12.1. The lowest BCUT2D eigenvalue weighted by molar-refractivity contribution is -0.140. The molecule has 1 amide bonds. The molecule has 0 fully saturated rings. The number of hydrogen-bond donors (Lipinski definition) is 1. The molecule has 0 aliphatic carbocycles. The van der Waals surface area contributed by atoms with Gasteiger partial charge in [0.15, 0.2) is 0 Å². The van der Waals surface area contributed by atoms with Crippen molar-refractivity contribution in [2.75, 3.05) is 11.4 Å². The van der Waals surface area contributed by atoms with Crippen LogP contribution >= 0.6 is 0 Å². The molecule has 2 rings (SSSR count). The third-order valence-electron chi connectivity index (χ3n) is 3.16. The van der Waals surface area contributed by atoms with Gasteiger partial charge in [0.05, 0.1) is 17.1 Å². The van der Waals surface area contributed by atoms with Gasteiger partial charge in [-0.1, -0.05) is 25.1 Å². The summed E-state index contributed by atoms with van der Waals surface area (Å²) in [5.41, 5.74) is 1.34. The molecule has 1 N–H and O–H groups in total. The van der Waals surface area contributed by atoms with Gasteiger partial charge in [0.25, 0.3) is 0 Å². The number of anilines is 1. The Balaban J connectivity index is 2.47. The Morgan fingerprint density at radius 1 is 1.30 bits per heavy atom. The average Bonchev–Trinajstić information content (AvgIpc) is 2.43. The van der Waals surface area contributed by atoms with E-state index in [1.54, 1.807) is 19.2 Å². The highest BCUT2D eigenvalue weighted by molar-refractivity contribution is 6.01. The number of carbonyl (C=O) groups excluding carboxylic acids is 1. The van der Waals surface area contributed by atoms with Crippen molar-refractivity contribution in [3.05, 3.63) is 36.5 Å². The number of benzene rings is 1. The molecule has 1 aromatic heterocycles. The second kappa shape index (κ2) is 5.69. The van der Waals surface area contributed by atoms with E-state index in [2.05, 4.69) is 4.98 Å². The van der Waals surface area contributed by atoms with Gasteiger partial charge in [-0.2, -0.15) is 0 Å². The summed E-state index contributed by atoms with van der Waals surface area (Å²) in [5, 5.41) is 9.94. The second-order valence-electron chi connectivity index (χ2n) is 4.72. The van der Waals surface area contributed by atoms with Gasteiger partial charge in [-0.25, -0.2) is 0 Å². The first-order chi connectivity index (χ1) is 9.50. The highest BCUT2D eigenvalue weighted by Gasteiger charge is 2.21. The molecule has 0 saturated heterocycles. The van der Waals surface area contributed by atoms with Gasteiger partial charge in [0, 0.05) is 25.1 Å². The summed E-state index contributed by atoms with van der Waals surface area (Å²) in [6.45, 7) is 3.13. The minimum Gasteiger partial charge on any atom is -0.481 e. The molecule has 0 spiro atoms. The fraction of sp³-hybridized carbons (Fsp3) is 0.267. The molecule has 20 heavy (non-hydrogen) atoms.